The normalized spacial score (nSPS) is 10.9. The van der Waals surface area contributed by atoms with E-state index in [4.69, 9.17) is 14.6 Å². The number of amides is 1. The van der Waals surface area contributed by atoms with E-state index in [0.29, 0.717) is 17.1 Å². The van der Waals surface area contributed by atoms with E-state index in [2.05, 4.69) is 10.5 Å². The number of rotatable bonds is 7. The molecular formula is C23H20N4O3S. The van der Waals surface area contributed by atoms with E-state index in [1.807, 2.05) is 54.0 Å². The Labute approximate surface area is 183 Å². The zero-order chi connectivity index (χ0) is 21.6. The second-order valence-corrected chi connectivity index (χ2v) is 7.41. The molecular weight excluding hydrogens is 412 g/mol. The minimum atomic E-state index is -0.356. The van der Waals surface area contributed by atoms with E-state index in [-0.39, 0.29) is 5.91 Å². The molecule has 8 heteroatoms. The molecule has 1 amide bonds. The summed E-state index contributed by atoms with van der Waals surface area (Å²) in [7, 11) is 3.07. The summed E-state index contributed by atoms with van der Waals surface area (Å²) in [6.45, 7) is 0. The monoisotopic (exact) mass is 432 g/mol. The molecule has 1 N–H and O–H groups in total. The maximum atomic E-state index is 12.5. The Hall–Kier alpha value is -3.91. The zero-order valence-electron chi connectivity index (χ0n) is 17.0. The van der Waals surface area contributed by atoms with Gasteiger partial charge < -0.3 is 9.47 Å². The third-order valence-electron chi connectivity index (χ3n) is 4.53. The molecule has 4 aromatic rings. The molecule has 0 saturated heterocycles. The van der Waals surface area contributed by atoms with E-state index in [0.717, 1.165) is 21.8 Å². The van der Waals surface area contributed by atoms with E-state index in [1.165, 1.54) is 7.11 Å². The predicted octanol–water partition coefficient (Wildman–Crippen LogP) is 4.38. The van der Waals surface area contributed by atoms with Gasteiger partial charge in [-0.15, -0.1) is 11.3 Å². The summed E-state index contributed by atoms with van der Waals surface area (Å²) < 4.78 is 12.3. The largest absolute Gasteiger partial charge is 0.493 e. The number of hydrogen-bond acceptors (Lipinski definition) is 6. The number of carbonyl (C=O) groups excluding carboxylic acids is 1. The van der Waals surface area contributed by atoms with E-state index in [1.54, 1.807) is 47.5 Å². The van der Waals surface area contributed by atoms with Gasteiger partial charge in [0.05, 0.1) is 31.0 Å². The average Bonchev–Trinajstić information content (AvgIpc) is 3.49. The summed E-state index contributed by atoms with van der Waals surface area (Å²) in [5.74, 6) is 0.671. The maximum absolute atomic E-state index is 12.5. The topological polar surface area (TPSA) is 77.7 Å². The van der Waals surface area contributed by atoms with Crippen LogP contribution in [0.3, 0.4) is 0 Å². The Morgan fingerprint density at radius 1 is 1.06 bits per heavy atom. The second-order valence-electron chi connectivity index (χ2n) is 6.46. The smallest absolute Gasteiger partial charge is 0.271 e. The lowest BCUT2D eigenvalue weighted by atomic mass is 10.2. The lowest BCUT2D eigenvalue weighted by molar-refractivity contribution is 0.0954. The van der Waals surface area contributed by atoms with E-state index >= 15 is 0 Å². The molecule has 0 fully saturated rings. The molecule has 2 heterocycles. The Morgan fingerprint density at radius 2 is 1.87 bits per heavy atom. The fourth-order valence-corrected chi connectivity index (χ4v) is 3.73. The number of methoxy groups -OCH3 is 2. The van der Waals surface area contributed by atoms with Gasteiger partial charge >= 0.3 is 0 Å². The van der Waals surface area contributed by atoms with Gasteiger partial charge in [-0.1, -0.05) is 24.3 Å². The molecule has 0 atom stereocenters. The molecule has 2 aromatic carbocycles. The van der Waals surface area contributed by atoms with Crippen LogP contribution in [0.15, 0.2) is 77.3 Å². The number of benzene rings is 2. The van der Waals surface area contributed by atoms with Crippen LogP contribution < -0.4 is 14.9 Å². The fraction of sp³-hybridized carbons (Fsp3) is 0.0870. The third-order valence-corrected chi connectivity index (χ3v) is 5.41. The number of hydrazone groups is 1. The number of nitrogens with one attached hydrogen (secondary N) is 1. The van der Waals surface area contributed by atoms with Crippen LogP contribution in [0.5, 0.6) is 11.5 Å². The van der Waals surface area contributed by atoms with Gasteiger partial charge in [-0.25, -0.2) is 10.1 Å². The van der Waals surface area contributed by atoms with Crippen LogP contribution >= 0.6 is 11.3 Å². The summed E-state index contributed by atoms with van der Waals surface area (Å²) in [6, 6.07) is 18.7. The Kier molecular flexibility index (Phi) is 6.09. The molecule has 0 unspecified atom stereocenters. The second kappa shape index (κ2) is 9.27. The molecule has 156 valence electrons. The van der Waals surface area contributed by atoms with Crippen molar-refractivity contribution in [3.8, 4) is 27.8 Å². The quantitative estimate of drug-likeness (QED) is 0.347. The molecule has 0 aliphatic rings. The first-order valence-corrected chi connectivity index (χ1v) is 10.3. The molecule has 0 saturated carbocycles. The van der Waals surface area contributed by atoms with Crippen molar-refractivity contribution >= 4 is 23.5 Å². The van der Waals surface area contributed by atoms with Crippen LogP contribution in [0, 0.1) is 0 Å². The number of hydrogen-bond donors (Lipinski definition) is 1. The number of aromatic nitrogens is 2. The maximum Gasteiger partial charge on any atom is 0.271 e. The van der Waals surface area contributed by atoms with Crippen molar-refractivity contribution in [3.05, 3.63) is 83.4 Å². The number of carbonyl (C=O) groups is 1. The first kappa shape index (κ1) is 20.4. The fourth-order valence-electron chi connectivity index (χ4n) is 3.00. The van der Waals surface area contributed by atoms with Crippen molar-refractivity contribution in [3.63, 3.8) is 0 Å². The lowest BCUT2D eigenvalue weighted by Gasteiger charge is -2.08. The summed E-state index contributed by atoms with van der Waals surface area (Å²) >= 11 is 1.59. The first-order chi connectivity index (χ1) is 15.2. The molecule has 0 radical (unpaired) electrons. The van der Waals surface area contributed by atoms with Gasteiger partial charge in [0.25, 0.3) is 5.91 Å². The Balaban J connectivity index is 1.57. The average molecular weight is 433 g/mol. The molecule has 0 spiro atoms. The van der Waals surface area contributed by atoms with Crippen molar-refractivity contribution in [2.24, 2.45) is 5.10 Å². The SMILES string of the molecule is COc1ccc(C(=O)NN=Cc2cn(-c3ccccc3)nc2-c2cccs2)cc1OC. The first-order valence-electron chi connectivity index (χ1n) is 9.44. The van der Waals surface area contributed by atoms with Crippen molar-refractivity contribution in [1.82, 2.24) is 15.2 Å². The van der Waals surface area contributed by atoms with Crippen LogP contribution in [0.4, 0.5) is 0 Å². The van der Waals surface area contributed by atoms with Gasteiger partial charge in [-0.3, -0.25) is 4.79 Å². The summed E-state index contributed by atoms with van der Waals surface area (Å²) in [6.07, 6.45) is 3.48. The predicted molar refractivity (Wildman–Crippen MR) is 121 cm³/mol. The van der Waals surface area contributed by atoms with Gasteiger partial charge in [0.2, 0.25) is 0 Å². The number of thiophene rings is 1. The van der Waals surface area contributed by atoms with Crippen LogP contribution in [0.2, 0.25) is 0 Å². The molecule has 0 bridgehead atoms. The lowest BCUT2D eigenvalue weighted by Crippen LogP contribution is -2.17. The van der Waals surface area contributed by atoms with E-state index in [9.17, 15) is 4.79 Å². The highest BCUT2D eigenvalue weighted by Crippen LogP contribution is 2.28. The molecule has 0 aliphatic carbocycles. The van der Waals surface area contributed by atoms with Crippen LogP contribution in [-0.4, -0.2) is 36.1 Å². The summed E-state index contributed by atoms with van der Waals surface area (Å²) in [5.41, 5.74) is 5.49. The molecule has 7 nitrogen and oxygen atoms in total. The third kappa shape index (κ3) is 4.49. The molecule has 2 aromatic heterocycles. The summed E-state index contributed by atoms with van der Waals surface area (Å²) in [5, 5.41) is 10.9. The number of para-hydroxylation sites is 1. The Morgan fingerprint density at radius 3 is 2.58 bits per heavy atom. The molecule has 31 heavy (non-hydrogen) atoms. The number of ether oxygens (including phenoxy) is 2. The zero-order valence-corrected chi connectivity index (χ0v) is 17.8. The van der Waals surface area contributed by atoms with Gasteiger partial charge in [0.1, 0.15) is 5.69 Å². The highest BCUT2D eigenvalue weighted by Gasteiger charge is 2.13. The number of nitrogens with zero attached hydrogens (tertiary/aromatic N) is 3. The van der Waals surface area contributed by atoms with Crippen molar-refractivity contribution < 1.29 is 14.3 Å². The van der Waals surface area contributed by atoms with Crippen molar-refractivity contribution in [2.75, 3.05) is 14.2 Å². The van der Waals surface area contributed by atoms with Crippen LogP contribution in [-0.2, 0) is 0 Å². The van der Waals surface area contributed by atoms with Gasteiger partial charge in [-0.2, -0.15) is 10.2 Å². The van der Waals surface area contributed by atoms with Gasteiger partial charge in [0, 0.05) is 17.3 Å². The minimum Gasteiger partial charge on any atom is -0.493 e. The van der Waals surface area contributed by atoms with Crippen molar-refractivity contribution in [2.45, 2.75) is 0 Å². The van der Waals surface area contributed by atoms with Crippen LogP contribution in [0.25, 0.3) is 16.3 Å². The Bertz CT molecular complexity index is 1200. The highest BCUT2D eigenvalue weighted by molar-refractivity contribution is 7.13. The van der Waals surface area contributed by atoms with Crippen molar-refractivity contribution in [1.29, 1.82) is 0 Å². The highest BCUT2D eigenvalue weighted by atomic mass is 32.1. The molecule has 4 rings (SSSR count). The van der Waals surface area contributed by atoms with E-state index < -0.39 is 0 Å². The summed E-state index contributed by atoms with van der Waals surface area (Å²) in [4.78, 5) is 13.5. The minimum absolute atomic E-state index is 0.356. The molecule has 0 aliphatic heterocycles. The van der Waals surface area contributed by atoms with Gasteiger partial charge in [0.15, 0.2) is 11.5 Å². The van der Waals surface area contributed by atoms with Gasteiger partial charge in [-0.05, 0) is 41.8 Å². The standard InChI is InChI=1S/C23H20N4O3S/c1-29-19-11-10-16(13-20(19)30-2)23(28)25-24-14-17-15-27(18-7-4-3-5-8-18)26-22(17)21-9-6-12-31-21/h3-15H,1-2H3,(H,25,28). The van der Waals surface area contributed by atoms with Crippen LogP contribution in [0.1, 0.15) is 15.9 Å².